The summed E-state index contributed by atoms with van der Waals surface area (Å²) in [6.07, 6.45) is 1.17. The van der Waals surface area contributed by atoms with Crippen molar-refractivity contribution in [1.29, 1.82) is 10.5 Å². The van der Waals surface area contributed by atoms with Gasteiger partial charge in [0.25, 0.3) is 5.69 Å². The molecule has 0 spiro atoms. The summed E-state index contributed by atoms with van der Waals surface area (Å²) in [5.74, 6) is -0.697. The minimum atomic E-state index is -0.697. The average molecular weight is 308 g/mol. The molecule has 0 bridgehead atoms. The third-order valence-electron chi connectivity index (χ3n) is 3.92. The maximum Gasteiger partial charge on any atom is 0.273 e. The van der Waals surface area contributed by atoms with Gasteiger partial charge in [0, 0.05) is 23.0 Å². The van der Waals surface area contributed by atoms with E-state index in [1.54, 1.807) is 18.2 Å². The molecule has 0 unspecified atom stereocenters. The smallest absolute Gasteiger partial charge is 0.273 e. The molecule has 6 nitrogen and oxygen atoms in total. The molecule has 6 heteroatoms. The number of dihydropyridines is 1. The molecule has 0 fully saturated rings. The molecule has 0 aliphatic carbocycles. The highest BCUT2D eigenvalue weighted by Crippen LogP contribution is 2.41. The molecule has 0 radical (unpaired) electrons. The topological polar surface area (TPSA) is 103 Å². The Kier molecular flexibility index (Phi) is 4.78. The van der Waals surface area contributed by atoms with Crippen LogP contribution in [0.25, 0.3) is 0 Å². The van der Waals surface area contributed by atoms with Crippen LogP contribution < -0.4 is 5.32 Å². The Labute approximate surface area is 134 Å². The average Bonchev–Trinajstić information content (AvgIpc) is 2.59. The van der Waals surface area contributed by atoms with Gasteiger partial charge in [-0.1, -0.05) is 32.0 Å². The second kappa shape index (κ2) is 6.76. The minimum absolute atomic E-state index is 0.0780. The number of nitrogens with one attached hydrogen (secondary N) is 1. The van der Waals surface area contributed by atoms with Gasteiger partial charge in [0.05, 0.1) is 34.1 Å². The van der Waals surface area contributed by atoms with Crippen molar-refractivity contribution in [3.8, 4) is 12.1 Å². The van der Waals surface area contributed by atoms with E-state index in [-0.39, 0.29) is 5.69 Å². The van der Waals surface area contributed by atoms with Gasteiger partial charge in [-0.05, 0) is 12.8 Å². The molecular weight excluding hydrogens is 292 g/mol. The fourth-order valence-corrected chi connectivity index (χ4v) is 2.84. The SMILES string of the molecule is CCC1=C(C#N)C(c2ccccc2[N+](=O)[O-])C(C#N)=C(CC)N1. The highest BCUT2D eigenvalue weighted by atomic mass is 16.6. The summed E-state index contributed by atoms with van der Waals surface area (Å²) in [6, 6.07) is 10.6. The van der Waals surface area contributed by atoms with Gasteiger partial charge in [0.1, 0.15) is 0 Å². The molecule has 1 aromatic carbocycles. The lowest BCUT2D eigenvalue weighted by molar-refractivity contribution is -0.385. The third kappa shape index (κ3) is 2.79. The predicted octanol–water partition coefficient (Wildman–Crippen LogP) is 3.66. The summed E-state index contributed by atoms with van der Waals surface area (Å²) < 4.78 is 0. The molecule has 1 N–H and O–H groups in total. The molecule has 0 atom stereocenters. The third-order valence-corrected chi connectivity index (χ3v) is 3.92. The van der Waals surface area contributed by atoms with Gasteiger partial charge >= 0.3 is 0 Å². The zero-order valence-electron chi connectivity index (χ0n) is 13.0. The van der Waals surface area contributed by atoms with Crippen molar-refractivity contribution in [1.82, 2.24) is 5.32 Å². The standard InChI is InChI=1S/C17H16N4O2/c1-3-14-12(9-18)17(13(10-19)15(4-2)20-14)11-7-5-6-8-16(11)21(22)23/h5-8,17,20H,3-4H2,1-2H3. The first-order valence-corrected chi connectivity index (χ1v) is 7.35. The van der Waals surface area contributed by atoms with Crippen LogP contribution in [0.15, 0.2) is 46.8 Å². The largest absolute Gasteiger partial charge is 0.361 e. The first-order chi connectivity index (χ1) is 11.1. The summed E-state index contributed by atoms with van der Waals surface area (Å²) in [5.41, 5.74) is 2.47. The van der Waals surface area contributed by atoms with E-state index in [2.05, 4.69) is 17.5 Å². The van der Waals surface area contributed by atoms with Gasteiger partial charge in [-0.2, -0.15) is 10.5 Å². The second-order valence-corrected chi connectivity index (χ2v) is 5.09. The summed E-state index contributed by atoms with van der Waals surface area (Å²) in [7, 11) is 0. The van der Waals surface area contributed by atoms with Gasteiger partial charge in [0.2, 0.25) is 0 Å². The zero-order valence-corrected chi connectivity index (χ0v) is 13.0. The van der Waals surface area contributed by atoms with Crippen molar-refractivity contribution in [3.63, 3.8) is 0 Å². The van der Waals surface area contributed by atoms with Crippen LogP contribution in [0.3, 0.4) is 0 Å². The van der Waals surface area contributed by atoms with Crippen molar-refractivity contribution < 1.29 is 4.92 Å². The molecule has 1 aliphatic heterocycles. The van der Waals surface area contributed by atoms with Crippen LogP contribution in [-0.2, 0) is 0 Å². The van der Waals surface area contributed by atoms with Crippen LogP contribution >= 0.6 is 0 Å². The van der Waals surface area contributed by atoms with Crippen LogP contribution in [0.2, 0.25) is 0 Å². The van der Waals surface area contributed by atoms with Crippen LogP contribution in [0, 0.1) is 32.8 Å². The van der Waals surface area contributed by atoms with Gasteiger partial charge in [-0.3, -0.25) is 10.1 Å². The molecule has 1 aromatic rings. The van der Waals surface area contributed by atoms with Gasteiger partial charge in [-0.25, -0.2) is 0 Å². The number of nitro groups is 1. The Morgan fingerprint density at radius 2 is 1.65 bits per heavy atom. The minimum Gasteiger partial charge on any atom is -0.361 e. The highest BCUT2D eigenvalue weighted by molar-refractivity contribution is 5.60. The molecule has 0 aromatic heterocycles. The van der Waals surface area contributed by atoms with E-state index in [9.17, 15) is 20.6 Å². The number of allylic oxidation sites excluding steroid dienone is 4. The number of hydrogen-bond donors (Lipinski definition) is 1. The number of nitrogens with zero attached hydrogens (tertiary/aromatic N) is 3. The summed E-state index contributed by atoms with van der Waals surface area (Å²) in [4.78, 5) is 10.9. The second-order valence-electron chi connectivity index (χ2n) is 5.09. The van der Waals surface area contributed by atoms with E-state index in [0.29, 0.717) is 40.9 Å². The molecule has 116 valence electrons. The molecular formula is C17H16N4O2. The Bertz CT molecular complexity index is 756. The number of nitro benzene ring substituents is 1. The van der Waals surface area contributed by atoms with Crippen LogP contribution in [0.4, 0.5) is 5.69 Å². The molecule has 2 rings (SSSR count). The Hall–Kier alpha value is -3.12. The first kappa shape index (κ1) is 16.3. The van der Waals surface area contributed by atoms with Gasteiger partial charge in [-0.15, -0.1) is 0 Å². The number of para-hydroxylation sites is 1. The van der Waals surface area contributed by atoms with E-state index in [1.165, 1.54) is 6.07 Å². The monoisotopic (exact) mass is 308 g/mol. The highest BCUT2D eigenvalue weighted by Gasteiger charge is 2.34. The van der Waals surface area contributed by atoms with Crippen molar-refractivity contribution in [3.05, 3.63) is 62.5 Å². The summed E-state index contributed by atoms with van der Waals surface area (Å²) >= 11 is 0. The van der Waals surface area contributed by atoms with Crippen molar-refractivity contribution >= 4 is 5.69 Å². The lowest BCUT2D eigenvalue weighted by Gasteiger charge is -2.28. The molecule has 0 saturated carbocycles. The number of benzene rings is 1. The normalized spacial score (nSPS) is 15.0. The fraction of sp³-hybridized carbons (Fsp3) is 0.294. The van der Waals surface area contributed by atoms with Gasteiger partial charge in [0.15, 0.2) is 0 Å². The van der Waals surface area contributed by atoms with Crippen molar-refractivity contribution in [2.24, 2.45) is 0 Å². The lowest BCUT2D eigenvalue weighted by Crippen LogP contribution is -2.26. The quantitative estimate of drug-likeness (QED) is 0.675. The van der Waals surface area contributed by atoms with Crippen LogP contribution in [0.5, 0.6) is 0 Å². The van der Waals surface area contributed by atoms with Crippen LogP contribution in [0.1, 0.15) is 38.2 Å². The molecule has 0 amide bonds. The molecule has 23 heavy (non-hydrogen) atoms. The van der Waals surface area contributed by atoms with E-state index in [0.717, 1.165) is 0 Å². The number of nitriles is 2. The zero-order chi connectivity index (χ0) is 17.0. The van der Waals surface area contributed by atoms with E-state index >= 15 is 0 Å². The molecule has 0 saturated heterocycles. The molecule has 1 aliphatic rings. The van der Waals surface area contributed by atoms with Gasteiger partial charge < -0.3 is 5.32 Å². The molecule has 1 heterocycles. The first-order valence-electron chi connectivity index (χ1n) is 7.35. The summed E-state index contributed by atoms with van der Waals surface area (Å²) in [6.45, 7) is 3.81. The Balaban J connectivity index is 2.78. The Morgan fingerprint density at radius 1 is 1.13 bits per heavy atom. The summed E-state index contributed by atoms with van der Waals surface area (Å²) in [5, 5.41) is 33.6. The van der Waals surface area contributed by atoms with E-state index < -0.39 is 10.8 Å². The maximum atomic E-state index is 11.3. The van der Waals surface area contributed by atoms with Crippen molar-refractivity contribution in [2.75, 3.05) is 0 Å². The predicted molar refractivity (Wildman–Crippen MR) is 84.8 cm³/mol. The lowest BCUT2D eigenvalue weighted by atomic mass is 9.80. The fourth-order valence-electron chi connectivity index (χ4n) is 2.84. The number of rotatable bonds is 4. The van der Waals surface area contributed by atoms with E-state index in [1.807, 2.05) is 13.8 Å². The maximum absolute atomic E-state index is 11.3. The van der Waals surface area contributed by atoms with Crippen molar-refractivity contribution in [2.45, 2.75) is 32.6 Å². The van der Waals surface area contributed by atoms with E-state index in [4.69, 9.17) is 0 Å². The number of hydrogen-bond acceptors (Lipinski definition) is 5. The Morgan fingerprint density at radius 3 is 2.09 bits per heavy atom. The van der Waals surface area contributed by atoms with Crippen LogP contribution in [-0.4, -0.2) is 4.92 Å².